The van der Waals surface area contributed by atoms with Crippen molar-refractivity contribution in [3.05, 3.63) is 36.4 Å². The summed E-state index contributed by atoms with van der Waals surface area (Å²) in [6.07, 6.45) is 0. The first-order chi connectivity index (χ1) is 13.7. The number of nitrogen functional groups attached to an aromatic ring is 2. The van der Waals surface area contributed by atoms with Crippen LogP contribution in [0.25, 0.3) is 0 Å². The summed E-state index contributed by atoms with van der Waals surface area (Å²) in [6, 6.07) is 11.6. The molecule has 0 bridgehead atoms. The zero-order valence-corrected chi connectivity index (χ0v) is 16.1. The van der Waals surface area contributed by atoms with Gasteiger partial charge in [-0.3, -0.25) is 0 Å². The predicted octanol–water partition coefficient (Wildman–Crippen LogP) is 2.25. The van der Waals surface area contributed by atoms with Gasteiger partial charge in [0.1, 0.15) is 0 Å². The molecule has 0 saturated carbocycles. The van der Waals surface area contributed by atoms with E-state index in [4.69, 9.17) is 20.9 Å². The molecule has 0 unspecified atom stereocenters. The first kappa shape index (κ1) is 19.9. The molecule has 2 aromatic carbocycles. The maximum atomic E-state index is 5.92. The van der Waals surface area contributed by atoms with Crippen molar-refractivity contribution in [2.24, 2.45) is 0 Å². The molecule has 0 radical (unpaired) electrons. The summed E-state index contributed by atoms with van der Waals surface area (Å²) >= 11 is 0. The Morgan fingerprint density at radius 2 is 0.893 bits per heavy atom. The number of ether oxygens (including phenoxy) is 2. The van der Waals surface area contributed by atoms with Gasteiger partial charge in [0.25, 0.3) is 0 Å². The van der Waals surface area contributed by atoms with Crippen molar-refractivity contribution >= 4 is 34.1 Å². The Morgan fingerprint density at radius 3 is 1.29 bits per heavy atom. The largest absolute Gasteiger partial charge is 0.399 e. The molecule has 28 heavy (non-hydrogen) atoms. The Balaban J connectivity index is 1.60. The van der Waals surface area contributed by atoms with Crippen LogP contribution >= 0.6 is 0 Å². The Hall–Kier alpha value is -2.84. The van der Waals surface area contributed by atoms with Gasteiger partial charge in [-0.15, -0.1) is 0 Å². The van der Waals surface area contributed by atoms with Gasteiger partial charge in [-0.2, -0.15) is 0 Å². The Labute approximate surface area is 166 Å². The summed E-state index contributed by atoms with van der Waals surface area (Å²) < 4.78 is 11.4. The normalized spacial score (nSPS) is 16.6. The third-order valence-electron chi connectivity index (χ3n) is 4.33. The second kappa shape index (κ2) is 10.5. The van der Waals surface area contributed by atoms with Gasteiger partial charge in [0, 0.05) is 37.6 Å². The van der Waals surface area contributed by atoms with E-state index in [0.29, 0.717) is 52.6 Å². The van der Waals surface area contributed by atoms with E-state index in [9.17, 15) is 0 Å². The second-order valence-electron chi connectivity index (χ2n) is 6.54. The van der Waals surface area contributed by atoms with Crippen LogP contribution in [0.4, 0.5) is 34.1 Å². The number of hydrogen-bond acceptors (Lipinski definition) is 8. The van der Waals surface area contributed by atoms with Crippen LogP contribution in [0, 0.1) is 0 Å². The van der Waals surface area contributed by atoms with Gasteiger partial charge >= 0.3 is 0 Å². The van der Waals surface area contributed by atoms with Crippen molar-refractivity contribution in [3.8, 4) is 0 Å². The lowest BCUT2D eigenvalue weighted by Gasteiger charge is -2.17. The molecule has 0 amide bonds. The molecular weight excluding hydrogens is 356 g/mol. The molecule has 3 rings (SSSR count). The zero-order valence-electron chi connectivity index (χ0n) is 16.1. The fourth-order valence-electron chi connectivity index (χ4n) is 2.96. The molecule has 1 aliphatic rings. The molecule has 8 heteroatoms. The Bertz CT molecular complexity index is 694. The molecule has 1 aliphatic heterocycles. The van der Waals surface area contributed by atoms with Gasteiger partial charge in [0.2, 0.25) is 0 Å². The van der Waals surface area contributed by atoms with Crippen LogP contribution < -0.4 is 32.7 Å². The molecule has 0 saturated heterocycles. The maximum absolute atomic E-state index is 5.92. The van der Waals surface area contributed by atoms with E-state index in [1.165, 1.54) is 0 Å². The third-order valence-corrected chi connectivity index (χ3v) is 4.33. The SMILES string of the molecule is Nc1ccc2c(c1)NCCOCCNc1cc(N)ccc1NCCOCCN2. The molecular formula is C20H30N6O2. The van der Waals surface area contributed by atoms with Crippen LogP contribution in [-0.2, 0) is 9.47 Å². The minimum atomic E-state index is 0.598. The van der Waals surface area contributed by atoms with Crippen LogP contribution in [0.1, 0.15) is 0 Å². The van der Waals surface area contributed by atoms with E-state index < -0.39 is 0 Å². The monoisotopic (exact) mass is 386 g/mol. The van der Waals surface area contributed by atoms with Crippen molar-refractivity contribution in [1.82, 2.24) is 0 Å². The lowest BCUT2D eigenvalue weighted by atomic mass is 10.2. The summed E-state index contributed by atoms with van der Waals surface area (Å²) in [5, 5.41) is 13.5. The molecule has 0 aliphatic carbocycles. The van der Waals surface area contributed by atoms with Gasteiger partial charge in [-0.1, -0.05) is 0 Å². The number of nitrogens with two attached hydrogens (primary N) is 2. The van der Waals surface area contributed by atoms with E-state index in [2.05, 4.69) is 21.3 Å². The Kier molecular flexibility index (Phi) is 7.45. The van der Waals surface area contributed by atoms with E-state index in [-0.39, 0.29) is 0 Å². The van der Waals surface area contributed by atoms with Gasteiger partial charge in [-0.25, -0.2) is 0 Å². The highest BCUT2D eigenvalue weighted by atomic mass is 16.5. The fourth-order valence-corrected chi connectivity index (χ4v) is 2.96. The second-order valence-corrected chi connectivity index (χ2v) is 6.54. The standard InChI is InChI=1S/C20H30N6O2/c21-15-1-3-17-19(13-15)25-7-11-28-12-8-26-20-14-16(22)2-4-18(20)24-6-10-27-9-5-23-17/h1-4,13-14,23-26H,5-12,21-22H2. The molecule has 8 N–H and O–H groups in total. The van der Waals surface area contributed by atoms with Crippen molar-refractivity contribution in [3.63, 3.8) is 0 Å². The minimum Gasteiger partial charge on any atom is -0.399 e. The third kappa shape index (κ3) is 6.11. The summed E-state index contributed by atoms with van der Waals surface area (Å²) in [7, 11) is 0. The molecule has 0 aromatic heterocycles. The first-order valence-corrected chi connectivity index (χ1v) is 9.62. The van der Waals surface area contributed by atoms with Crippen LogP contribution in [0.15, 0.2) is 36.4 Å². The first-order valence-electron chi connectivity index (χ1n) is 9.62. The molecule has 0 spiro atoms. The quantitative estimate of drug-likeness (QED) is 0.382. The van der Waals surface area contributed by atoms with E-state index in [1.807, 2.05) is 36.4 Å². The molecule has 8 nitrogen and oxygen atoms in total. The van der Waals surface area contributed by atoms with Crippen molar-refractivity contribution < 1.29 is 9.47 Å². The van der Waals surface area contributed by atoms with Gasteiger partial charge in [0.05, 0.1) is 49.2 Å². The number of nitrogens with one attached hydrogen (secondary N) is 4. The summed E-state index contributed by atoms with van der Waals surface area (Å²) in [6.45, 7) is 5.23. The lowest BCUT2D eigenvalue weighted by Crippen LogP contribution is -2.18. The highest BCUT2D eigenvalue weighted by Crippen LogP contribution is 2.25. The molecule has 2 aromatic rings. The van der Waals surface area contributed by atoms with Crippen LogP contribution in [-0.4, -0.2) is 52.6 Å². The predicted molar refractivity (Wildman–Crippen MR) is 117 cm³/mol. The van der Waals surface area contributed by atoms with E-state index in [0.717, 1.165) is 34.1 Å². The van der Waals surface area contributed by atoms with Gasteiger partial charge < -0.3 is 42.2 Å². The minimum absolute atomic E-state index is 0.598. The zero-order chi connectivity index (χ0) is 19.6. The maximum Gasteiger partial charge on any atom is 0.0639 e. The smallest absolute Gasteiger partial charge is 0.0639 e. The van der Waals surface area contributed by atoms with E-state index in [1.54, 1.807) is 0 Å². The lowest BCUT2D eigenvalue weighted by molar-refractivity contribution is 0.153. The summed E-state index contributed by atoms with van der Waals surface area (Å²) in [5.74, 6) is 0. The van der Waals surface area contributed by atoms with Crippen molar-refractivity contribution in [1.29, 1.82) is 0 Å². The number of hydrogen-bond donors (Lipinski definition) is 6. The number of fused-ring (bicyclic) bond motifs is 2. The van der Waals surface area contributed by atoms with Crippen LogP contribution in [0.2, 0.25) is 0 Å². The average molecular weight is 387 g/mol. The Morgan fingerprint density at radius 1 is 0.536 bits per heavy atom. The fraction of sp³-hybridized carbons (Fsp3) is 0.400. The number of benzene rings is 2. The van der Waals surface area contributed by atoms with Crippen molar-refractivity contribution in [2.75, 3.05) is 85.3 Å². The average Bonchev–Trinajstić information content (AvgIpc) is 2.68. The molecule has 0 atom stereocenters. The highest BCUT2D eigenvalue weighted by molar-refractivity contribution is 5.74. The number of rotatable bonds is 0. The molecule has 152 valence electrons. The highest BCUT2D eigenvalue weighted by Gasteiger charge is 2.05. The van der Waals surface area contributed by atoms with Crippen LogP contribution in [0.5, 0.6) is 0 Å². The van der Waals surface area contributed by atoms with E-state index >= 15 is 0 Å². The van der Waals surface area contributed by atoms with Gasteiger partial charge in [0.15, 0.2) is 0 Å². The summed E-state index contributed by atoms with van der Waals surface area (Å²) in [5.41, 5.74) is 17.2. The summed E-state index contributed by atoms with van der Waals surface area (Å²) in [4.78, 5) is 0. The number of anilines is 6. The molecule has 0 fully saturated rings. The van der Waals surface area contributed by atoms with Crippen molar-refractivity contribution in [2.45, 2.75) is 0 Å². The van der Waals surface area contributed by atoms with Crippen LogP contribution in [0.3, 0.4) is 0 Å². The molecule has 1 heterocycles. The topological polar surface area (TPSA) is 119 Å². The van der Waals surface area contributed by atoms with Gasteiger partial charge in [-0.05, 0) is 36.4 Å².